The second-order valence-electron chi connectivity index (χ2n) is 28.6. The van der Waals surface area contributed by atoms with Crippen molar-refractivity contribution in [2.75, 3.05) is 65.6 Å². The number of ether oxygens (including phenoxy) is 2. The maximum Gasteiger partial charge on any atom is 0.220 e. The second-order valence-corrected chi connectivity index (χ2v) is 28.6. The van der Waals surface area contributed by atoms with Crippen LogP contribution in [0.3, 0.4) is 0 Å². The number of fused-ring (bicyclic) bond motifs is 10. The average Bonchev–Trinajstić information content (AvgIpc) is 3.97. The lowest BCUT2D eigenvalue weighted by atomic mass is 9.44. The first-order chi connectivity index (χ1) is 36.7. The van der Waals surface area contributed by atoms with Gasteiger partial charge in [0.05, 0.1) is 25.4 Å². The first-order valence-corrected chi connectivity index (χ1v) is 33.0. The van der Waals surface area contributed by atoms with Crippen LogP contribution in [0.4, 0.5) is 0 Å². The number of carbonyl (C=O) groups excluding carboxylic acids is 2. The topological polar surface area (TPSA) is 153 Å². The number of carbonyl (C=O) groups is 2. The molecule has 11 unspecified atom stereocenters. The Morgan fingerprint density at radius 3 is 1.30 bits per heavy atom. The summed E-state index contributed by atoms with van der Waals surface area (Å²) in [4.78, 5) is 25.7. The molecule has 0 heterocycles. The quantitative estimate of drug-likeness (QED) is 0.0307. The van der Waals surface area contributed by atoms with Gasteiger partial charge in [-0.25, -0.2) is 0 Å². The van der Waals surface area contributed by atoms with Crippen LogP contribution < -0.4 is 32.7 Å². The molecule has 8 fully saturated rings. The Morgan fingerprint density at radius 2 is 0.882 bits per heavy atom. The van der Waals surface area contributed by atoms with E-state index in [0.717, 1.165) is 176 Å². The second kappa shape index (κ2) is 28.4. The van der Waals surface area contributed by atoms with Gasteiger partial charge in [-0.2, -0.15) is 0 Å². The SMILES string of the molecule is C[C@H](CCC(=O)NCCCNCCCCN)C1CCC2C3CCC4CC(OC/C=C/CO[C@H]5CC[C@]6(C)C(CCC7C6CC[C@]6(C)C7CCC6[C@H](C)CCC(=O)NCCCNCCCCN)C5)CC[C@]4(C)C3CC[C@@]21C. The maximum absolute atomic E-state index is 12.8. The number of nitrogens with two attached hydrogens (primary N) is 2. The van der Waals surface area contributed by atoms with Gasteiger partial charge in [-0.05, 0) is 299 Å². The van der Waals surface area contributed by atoms with E-state index in [1.54, 1.807) is 0 Å². The molecule has 8 rings (SSSR count). The third-order valence-electron chi connectivity index (χ3n) is 24.8. The van der Waals surface area contributed by atoms with Gasteiger partial charge in [-0.1, -0.05) is 53.7 Å². The minimum Gasteiger partial charge on any atom is -0.374 e. The van der Waals surface area contributed by atoms with Gasteiger partial charge in [0.2, 0.25) is 11.8 Å². The Labute approximate surface area is 465 Å². The minimum absolute atomic E-state index is 0.242. The molecule has 18 atom stereocenters. The van der Waals surface area contributed by atoms with Gasteiger partial charge in [0.25, 0.3) is 0 Å². The Hall–Kier alpha value is -1.56. The maximum atomic E-state index is 12.8. The number of hydrogen-bond donors (Lipinski definition) is 6. The molecule has 0 bridgehead atoms. The van der Waals surface area contributed by atoms with Crippen molar-refractivity contribution in [3.05, 3.63) is 12.2 Å². The summed E-state index contributed by atoms with van der Waals surface area (Å²) in [6, 6.07) is 0. The molecule has 0 aromatic rings. The summed E-state index contributed by atoms with van der Waals surface area (Å²) in [5, 5.41) is 13.4. The molecule has 10 nitrogen and oxygen atoms in total. The van der Waals surface area contributed by atoms with Crippen LogP contribution >= 0.6 is 0 Å². The van der Waals surface area contributed by atoms with Gasteiger partial charge >= 0.3 is 0 Å². The zero-order valence-corrected chi connectivity index (χ0v) is 49.9. The molecule has 0 spiro atoms. The summed E-state index contributed by atoms with van der Waals surface area (Å²) in [5.41, 5.74) is 13.0. The molecule has 0 aromatic carbocycles. The first kappa shape index (κ1) is 60.5. The molecule has 0 radical (unpaired) electrons. The van der Waals surface area contributed by atoms with Crippen LogP contribution in [-0.4, -0.2) is 89.6 Å². The number of nitrogens with one attached hydrogen (secondary N) is 4. The van der Waals surface area contributed by atoms with Crippen molar-refractivity contribution in [2.45, 2.75) is 234 Å². The predicted molar refractivity (Wildman–Crippen MR) is 313 cm³/mol. The molecule has 8 N–H and O–H groups in total. The van der Waals surface area contributed by atoms with Crippen molar-refractivity contribution < 1.29 is 19.1 Å². The van der Waals surface area contributed by atoms with Crippen LogP contribution in [-0.2, 0) is 19.1 Å². The number of rotatable bonds is 30. The van der Waals surface area contributed by atoms with Crippen molar-refractivity contribution in [3.63, 3.8) is 0 Å². The largest absolute Gasteiger partial charge is 0.374 e. The van der Waals surface area contributed by atoms with Crippen molar-refractivity contribution in [2.24, 2.45) is 104 Å². The molecular weight excluding hydrogens is 941 g/mol. The predicted octanol–water partition coefficient (Wildman–Crippen LogP) is 12.1. The van der Waals surface area contributed by atoms with E-state index in [9.17, 15) is 9.59 Å². The zero-order chi connectivity index (χ0) is 53.8. The summed E-state index contributed by atoms with van der Waals surface area (Å²) < 4.78 is 13.3. The van der Waals surface area contributed by atoms with E-state index in [2.05, 4.69) is 75.0 Å². The van der Waals surface area contributed by atoms with Crippen LogP contribution in [0.25, 0.3) is 0 Å². The molecule has 0 aromatic heterocycles. The number of amides is 2. The van der Waals surface area contributed by atoms with Gasteiger partial charge in [0.1, 0.15) is 0 Å². The van der Waals surface area contributed by atoms with Crippen LogP contribution in [0.2, 0.25) is 0 Å². The van der Waals surface area contributed by atoms with Crippen LogP contribution in [0.5, 0.6) is 0 Å². The van der Waals surface area contributed by atoms with E-state index >= 15 is 0 Å². The van der Waals surface area contributed by atoms with E-state index in [0.29, 0.717) is 58.5 Å². The van der Waals surface area contributed by atoms with Gasteiger partial charge in [0, 0.05) is 25.9 Å². The van der Waals surface area contributed by atoms with Crippen LogP contribution in [0.15, 0.2) is 12.2 Å². The fourth-order valence-corrected chi connectivity index (χ4v) is 20.4. The monoisotopic (exact) mass is 1060 g/mol. The first-order valence-electron chi connectivity index (χ1n) is 33.0. The van der Waals surface area contributed by atoms with Crippen molar-refractivity contribution >= 4 is 11.8 Å². The summed E-state index contributed by atoms with van der Waals surface area (Å²) in [6.07, 6.45) is 39.4. The van der Waals surface area contributed by atoms with E-state index in [1.807, 2.05) is 0 Å². The highest BCUT2D eigenvalue weighted by Gasteiger charge is 2.62. The molecule has 2 amide bonds. The van der Waals surface area contributed by atoms with Gasteiger partial charge in [-0.15, -0.1) is 0 Å². The van der Waals surface area contributed by atoms with Crippen molar-refractivity contribution in [3.8, 4) is 0 Å². The van der Waals surface area contributed by atoms with E-state index in [-0.39, 0.29) is 11.8 Å². The third kappa shape index (κ3) is 14.2. The lowest BCUT2D eigenvalue weighted by Crippen LogP contribution is -2.54. The molecule has 8 saturated carbocycles. The van der Waals surface area contributed by atoms with Crippen LogP contribution in [0, 0.1) is 92.7 Å². The molecule has 0 saturated heterocycles. The lowest BCUT2D eigenvalue weighted by molar-refractivity contribution is -0.135. The highest BCUT2D eigenvalue weighted by Crippen LogP contribution is 2.70. The van der Waals surface area contributed by atoms with E-state index in [1.165, 1.54) is 116 Å². The third-order valence-corrected chi connectivity index (χ3v) is 24.8. The van der Waals surface area contributed by atoms with Crippen molar-refractivity contribution in [1.82, 2.24) is 21.3 Å². The molecule has 436 valence electrons. The minimum atomic E-state index is 0.242. The summed E-state index contributed by atoms with van der Waals surface area (Å²) >= 11 is 0. The molecule has 8 aliphatic carbocycles. The summed E-state index contributed by atoms with van der Waals surface area (Å²) in [7, 11) is 0. The summed E-state index contributed by atoms with van der Waals surface area (Å²) in [5.74, 6) is 10.0. The van der Waals surface area contributed by atoms with Crippen molar-refractivity contribution in [1.29, 1.82) is 0 Å². The lowest BCUT2D eigenvalue weighted by Gasteiger charge is -2.61. The van der Waals surface area contributed by atoms with E-state index in [4.69, 9.17) is 20.9 Å². The normalized spacial score (nSPS) is 39.5. The molecule has 0 aliphatic heterocycles. The Kier molecular flexibility index (Phi) is 22.6. The molecule has 8 aliphatic rings. The highest BCUT2D eigenvalue weighted by molar-refractivity contribution is 5.76. The fraction of sp³-hybridized carbons (Fsp3) is 0.939. The van der Waals surface area contributed by atoms with Gasteiger partial charge in [0.15, 0.2) is 0 Å². The molecule has 10 heteroatoms. The van der Waals surface area contributed by atoms with Crippen LogP contribution in [0.1, 0.15) is 221 Å². The smallest absolute Gasteiger partial charge is 0.220 e. The molecule has 76 heavy (non-hydrogen) atoms. The Morgan fingerprint density at radius 1 is 0.487 bits per heavy atom. The Balaban J connectivity index is 0.698. The summed E-state index contributed by atoms with van der Waals surface area (Å²) in [6.45, 7) is 24.2. The molecular formula is C66H118N6O4. The van der Waals surface area contributed by atoms with Gasteiger partial charge in [-0.3, -0.25) is 9.59 Å². The average molecular weight is 1060 g/mol. The Bertz CT molecular complexity index is 1690. The van der Waals surface area contributed by atoms with Gasteiger partial charge < -0.3 is 42.2 Å². The zero-order valence-electron chi connectivity index (χ0n) is 49.9. The highest BCUT2D eigenvalue weighted by atomic mass is 16.5. The van der Waals surface area contributed by atoms with E-state index < -0.39 is 0 Å². The standard InChI is InChI=1S/C66H118N6O4/c1-47(15-25-61(73)71-41-13-39-69-37-9-7-35-67)55-21-23-57-53-19-17-49-45-51(27-31-63(49,3)59(53)29-33-65(55,57)5)75-43-11-12-44-76-52-28-32-64(4)50(46-52)18-20-54-58-24-22-56(66(58,6)34-30-60(54)64)48(2)16-26-62(74)72-42-14-40-70-38-10-8-36-68/h11-12,47-60,69-70H,7-10,13-46,67-68H2,1-6H3,(H,71,73)(H,72,74)/b12-11+/t47-,48-,49?,50?,51+,52?,53?,54?,55?,56?,57?,58?,59?,60?,63-,64+,65+,66-/m1/s1. The fourth-order valence-electron chi connectivity index (χ4n) is 20.4. The number of unbranched alkanes of at least 4 members (excludes halogenated alkanes) is 2. The number of hydrogen-bond acceptors (Lipinski definition) is 8.